The maximum Gasteiger partial charge on any atom is 0.252 e. The van der Waals surface area contributed by atoms with Gasteiger partial charge in [0.1, 0.15) is 5.82 Å². The molecule has 6 heteroatoms. The van der Waals surface area contributed by atoms with E-state index in [0.717, 1.165) is 31.8 Å². The van der Waals surface area contributed by atoms with Crippen LogP contribution < -0.4 is 5.32 Å². The molecule has 1 aromatic rings. The second kappa shape index (κ2) is 7.90. The maximum atomic E-state index is 13.3. The van der Waals surface area contributed by atoms with Crippen molar-refractivity contribution in [1.82, 2.24) is 10.2 Å². The highest BCUT2D eigenvalue weighted by Crippen LogP contribution is 2.19. The number of aliphatic hydroxyl groups excluding tert-OH is 1. The van der Waals surface area contributed by atoms with Gasteiger partial charge in [0.25, 0.3) is 5.91 Å². The monoisotopic (exact) mass is 328 g/mol. The minimum absolute atomic E-state index is 0.0839. The lowest BCUT2D eigenvalue weighted by molar-refractivity contribution is 0.0795. The smallest absolute Gasteiger partial charge is 0.252 e. The Morgan fingerprint density at radius 1 is 1.50 bits per heavy atom. The van der Waals surface area contributed by atoms with Gasteiger partial charge in [-0.25, -0.2) is 4.39 Å². The van der Waals surface area contributed by atoms with Crippen LogP contribution in [-0.4, -0.2) is 48.2 Å². The third kappa shape index (κ3) is 4.66. The molecule has 1 fully saturated rings. The van der Waals surface area contributed by atoms with Crippen molar-refractivity contribution in [2.75, 3.05) is 26.2 Å². The van der Waals surface area contributed by atoms with Crippen molar-refractivity contribution >= 4 is 17.5 Å². The van der Waals surface area contributed by atoms with Crippen molar-refractivity contribution < 1.29 is 14.3 Å². The normalized spacial score (nSPS) is 18.2. The molecule has 1 aromatic carbocycles. The summed E-state index contributed by atoms with van der Waals surface area (Å²) in [6.07, 6.45) is 1.63. The maximum absolute atomic E-state index is 13.3. The van der Waals surface area contributed by atoms with Gasteiger partial charge in [0.05, 0.1) is 16.7 Å². The molecule has 0 bridgehead atoms. The van der Waals surface area contributed by atoms with Crippen LogP contribution >= 0.6 is 11.6 Å². The minimum Gasteiger partial charge on any atom is -0.390 e. The van der Waals surface area contributed by atoms with Crippen molar-refractivity contribution in [1.29, 1.82) is 0 Å². The summed E-state index contributed by atoms with van der Waals surface area (Å²) in [5.41, 5.74) is 0.0839. The predicted octanol–water partition coefficient (Wildman–Crippen LogP) is 2.30. The fourth-order valence-corrected chi connectivity index (χ4v) is 2.80. The van der Waals surface area contributed by atoms with E-state index in [1.165, 1.54) is 18.2 Å². The molecule has 1 aliphatic rings. The first kappa shape index (κ1) is 17.2. The van der Waals surface area contributed by atoms with E-state index in [1.54, 1.807) is 0 Å². The first-order valence-electron chi connectivity index (χ1n) is 7.60. The molecule has 22 heavy (non-hydrogen) atoms. The topological polar surface area (TPSA) is 52.6 Å². The van der Waals surface area contributed by atoms with E-state index in [0.29, 0.717) is 6.54 Å². The van der Waals surface area contributed by atoms with Gasteiger partial charge in [0.2, 0.25) is 0 Å². The summed E-state index contributed by atoms with van der Waals surface area (Å²) in [4.78, 5) is 14.2. The van der Waals surface area contributed by atoms with Crippen molar-refractivity contribution in [3.63, 3.8) is 0 Å². The summed E-state index contributed by atoms with van der Waals surface area (Å²) in [5.74, 6) is -0.365. The van der Waals surface area contributed by atoms with Crippen LogP contribution in [0.15, 0.2) is 18.2 Å². The number of halogens is 2. The Kier molecular flexibility index (Phi) is 6.17. The Morgan fingerprint density at radius 2 is 2.18 bits per heavy atom. The number of rotatable bonds is 5. The molecule has 2 rings (SSSR count). The van der Waals surface area contributed by atoms with Crippen LogP contribution in [0.1, 0.15) is 30.1 Å². The van der Waals surface area contributed by atoms with Crippen molar-refractivity contribution in [2.45, 2.75) is 25.9 Å². The number of carbonyl (C=O) groups is 1. The lowest BCUT2D eigenvalue weighted by atomic mass is 9.99. The van der Waals surface area contributed by atoms with Crippen LogP contribution in [0.5, 0.6) is 0 Å². The van der Waals surface area contributed by atoms with Gasteiger partial charge in [-0.15, -0.1) is 0 Å². The highest BCUT2D eigenvalue weighted by Gasteiger charge is 2.19. The lowest BCUT2D eigenvalue weighted by Crippen LogP contribution is -2.43. The number of carbonyl (C=O) groups excluding carboxylic acids is 1. The van der Waals surface area contributed by atoms with Crippen LogP contribution in [-0.2, 0) is 0 Å². The number of nitrogens with zero attached hydrogens (tertiary/aromatic N) is 1. The average molecular weight is 329 g/mol. The van der Waals surface area contributed by atoms with Gasteiger partial charge < -0.3 is 15.3 Å². The number of piperidine rings is 1. The number of hydrogen-bond acceptors (Lipinski definition) is 3. The van der Waals surface area contributed by atoms with E-state index < -0.39 is 17.8 Å². The Hall–Kier alpha value is -1.17. The van der Waals surface area contributed by atoms with Crippen LogP contribution in [0, 0.1) is 11.7 Å². The molecule has 2 N–H and O–H groups in total. The number of β-amino-alcohol motifs (C(OH)–C–C–N with tert-alkyl or cyclic N) is 1. The first-order valence-corrected chi connectivity index (χ1v) is 7.97. The largest absolute Gasteiger partial charge is 0.390 e. The van der Waals surface area contributed by atoms with Crippen LogP contribution in [0.2, 0.25) is 5.02 Å². The van der Waals surface area contributed by atoms with Gasteiger partial charge in [-0.1, -0.05) is 24.6 Å². The number of nitrogens with one attached hydrogen (secondary N) is 1. The van der Waals surface area contributed by atoms with Gasteiger partial charge in [0, 0.05) is 13.1 Å². The lowest BCUT2D eigenvalue weighted by Gasteiger charge is -2.31. The first-order chi connectivity index (χ1) is 10.5. The number of aliphatic hydroxyl groups is 1. The van der Waals surface area contributed by atoms with Gasteiger partial charge in [0.15, 0.2) is 0 Å². The van der Waals surface area contributed by atoms with E-state index in [2.05, 4.69) is 17.1 Å². The van der Waals surface area contributed by atoms with Crippen molar-refractivity contribution in [3.05, 3.63) is 34.6 Å². The zero-order valence-electron chi connectivity index (χ0n) is 12.7. The van der Waals surface area contributed by atoms with Crippen molar-refractivity contribution in [2.24, 2.45) is 5.92 Å². The second-order valence-corrected chi connectivity index (χ2v) is 6.33. The molecule has 0 saturated carbocycles. The van der Waals surface area contributed by atoms with Gasteiger partial charge in [-0.2, -0.15) is 0 Å². The number of amides is 1. The summed E-state index contributed by atoms with van der Waals surface area (Å²) < 4.78 is 13.3. The van der Waals surface area contributed by atoms with E-state index in [1.807, 2.05) is 0 Å². The molecule has 0 radical (unpaired) electrons. The summed E-state index contributed by atoms with van der Waals surface area (Å²) in [7, 11) is 0. The fraction of sp³-hybridized carbons (Fsp3) is 0.562. The third-order valence-corrected chi connectivity index (χ3v) is 4.42. The molecule has 1 unspecified atom stereocenters. The molecular weight excluding hydrogens is 307 g/mol. The van der Waals surface area contributed by atoms with Crippen LogP contribution in [0.25, 0.3) is 0 Å². The second-order valence-electron chi connectivity index (χ2n) is 5.95. The molecular formula is C16H22ClFN2O2. The zero-order chi connectivity index (χ0) is 16.1. The molecule has 122 valence electrons. The molecule has 0 spiro atoms. The number of hydrogen-bond donors (Lipinski definition) is 2. The predicted molar refractivity (Wildman–Crippen MR) is 84.6 cm³/mol. The van der Waals surface area contributed by atoms with Gasteiger partial charge in [-0.05, 0) is 44.0 Å². The summed E-state index contributed by atoms with van der Waals surface area (Å²) in [6.45, 7) is 4.84. The summed E-state index contributed by atoms with van der Waals surface area (Å²) in [6, 6.07) is 4.09. The van der Waals surface area contributed by atoms with Gasteiger partial charge in [-0.3, -0.25) is 4.79 Å². The molecule has 0 aliphatic carbocycles. The quantitative estimate of drug-likeness (QED) is 0.872. The van der Waals surface area contributed by atoms with Crippen molar-refractivity contribution in [3.8, 4) is 0 Å². The average Bonchev–Trinajstić information content (AvgIpc) is 2.50. The van der Waals surface area contributed by atoms with E-state index in [-0.39, 0.29) is 17.1 Å². The molecule has 1 amide bonds. The molecule has 4 nitrogen and oxygen atoms in total. The van der Waals surface area contributed by atoms with Gasteiger partial charge >= 0.3 is 0 Å². The standard InChI is InChI=1S/C16H22ClFN2O2/c1-11-5-7-20(8-6-11)10-12(21)9-19-16(22)13-3-2-4-14(18)15(13)17/h2-4,11-12,21H,5-10H2,1H3,(H,19,22). The Labute approximate surface area is 135 Å². The number of benzene rings is 1. The highest BCUT2D eigenvalue weighted by atomic mass is 35.5. The molecule has 0 aromatic heterocycles. The SMILES string of the molecule is CC1CCN(CC(O)CNC(=O)c2cccc(F)c2Cl)CC1. The third-order valence-electron chi connectivity index (χ3n) is 4.04. The molecule has 1 heterocycles. The molecule has 1 aliphatic heterocycles. The Morgan fingerprint density at radius 3 is 2.86 bits per heavy atom. The molecule has 1 saturated heterocycles. The van der Waals surface area contributed by atoms with E-state index in [9.17, 15) is 14.3 Å². The highest BCUT2D eigenvalue weighted by molar-refractivity contribution is 6.34. The molecule has 1 atom stereocenters. The Balaban J connectivity index is 1.79. The van der Waals surface area contributed by atoms with E-state index in [4.69, 9.17) is 11.6 Å². The Bertz CT molecular complexity index is 519. The van der Waals surface area contributed by atoms with E-state index >= 15 is 0 Å². The number of likely N-dealkylation sites (tertiary alicyclic amines) is 1. The summed E-state index contributed by atoms with van der Waals surface area (Å²) >= 11 is 5.77. The van der Waals surface area contributed by atoms with Crippen LogP contribution in [0.3, 0.4) is 0 Å². The fourth-order valence-electron chi connectivity index (χ4n) is 2.59. The minimum atomic E-state index is -0.648. The zero-order valence-corrected chi connectivity index (χ0v) is 13.4. The summed E-state index contributed by atoms with van der Waals surface area (Å²) in [5, 5.41) is 12.4. The van der Waals surface area contributed by atoms with Crippen LogP contribution in [0.4, 0.5) is 4.39 Å².